The molecule has 0 spiro atoms. The summed E-state index contributed by atoms with van der Waals surface area (Å²) in [6, 6.07) is 0. The van der Waals surface area contributed by atoms with E-state index >= 15 is 0 Å². The van der Waals surface area contributed by atoms with Crippen LogP contribution in [-0.4, -0.2) is 37.9 Å². The van der Waals surface area contributed by atoms with Gasteiger partial charge >= 0.3 is 11.9 Å². The van der Waals surface area contributed by atoms with Crippen molar-refractivity contribution in [3.63, 3.8) is 0 Å². The van der Waals surface area contributed by atoms with Gasteiger partial charge in [-0.15, -0.1) is 0 Å². The lowest BCUT2D eigenvalue weighted by atomic mass is 10.1. The molecule has 60 heavy (non-hydrogen) atoms. The first kappa shape index (κ1) is 56.3. The number of rotatable bonds is 42. The van der Waals surface area contributed by atoms with Crippen molar-refractivity contribution in [2.75, 3.05) is 19.8 Å². The minimum atomic E-state index is -0.585. The van der Waals surface area contributed by atoms with Gasteiger partial charge in [-0.25, -0.2) is 0 Å². The summed E-state index contributed by atoms with van der Waals surface area (Å²) in [6.07, 6.45) is 69.2. The Morgan fingerprint density at radius 2 is 0.750 bits per heavy atom. The van der Waals surface area contributed by atoms with E-state index in [1.807, 2.05) is 0 Å². The zero-order chi connectivity index (χ0) is 43.5. The second kappa shape index (κ2) is 49.7. The van der Waals surface area contributed by atoms with E-state index in [1.54, 1.807) is 0 Å². The third-order valence-electron chi connectivity index (χ3n) is 9.44. The first-order chi connectivity index (χ1) is 29.6. The van der Waals surface area contributed by atoms with E-state index in [0.717, 1.165) is 135 Å². The Kier molecular flexibility index (Phi) is 46.6. The van der Waals surface area contributed by atoms with Crippen LogP contribution in [0.15, 0.2) is 122 Å². The Hall–Kier alpha value is -3.70. The number of unbranched alkanes of at least 4 members (excludes halogenated alkanes) is 11. The zero-order valence-electron chi connectivity index (χ0n) is 38.7. The van der Waals surface area contributed by atoms with Gasteiger partial charge in [0.05, 0.1) is 6.61 Å². The van der Waals surface area contributed by atoms with Crippen molar-refractivity contribution in [2.24, 2.45) is 0 Å². The molecule has 0 amide bonds. The topological polar surface area (TPSA) is 61.8 Å². The third kappa shape index (κ3) is 47.0. The molecule has 0 saturated carbocycles. The van der Waals surface area contributed by atoms with Gasteiger partial charge in [-0.05, 0) is 122 Å². The van der Waals surface area contributed by atoms with Crippen LogP contribution in [-0.2, 0) is 23.8 Å². The van der Waals surface area contributed by atoms with Crippen LogP contribution in [0, 0.1) is 0 Å². The second-order valence-corrected chi connectivity index (χ2v) is 15.2. The van der Waals surface area contributed by atoms with Crippen LogP contribution in [0.5, 0.6) is 0 Å². The molecule has 0 aromatic heterocycles. The van der Waals surface area contributed by atoms with Crippen molar-refractivity contribution in [1.82, 2.24) is 0 Å². The largest absolute Gasteiger partial charge is 0.462 e. The Bertz CT molecular complexity index is 1260. The van der Waals surface area contributed by atoms with Gasteiger partial charge in [0, 0.05) is 19.4 Å². The number of ether oxygens (including phenoxy) is 3. The van der Waals surface area contributed by atoms with Gasteiger partial charge in [0.1, 0.15) is 6.61 Å². The molecule has 0 aliphatic rings. The summed E-state index contributed by atoms with van der Waals surface area (Å²) in [5.41, 5.74) is 0. The summed E-state index contributed by atoms with van der Waals surface area (Å²) in [5.74, 6) is -0.484. The summed E-state index contributed by atoms with van der Waals surface area (Å²) in [7, 11) is 0. The van der Waals surface area contributed by atoms with Crippen LogP contribution in [0.4, 0.5) is 0 Å². The minimum Gasteiger partial charge on any atom is -0.462 e. The maximum atomic E-state index is 12.8. The van der Waals surface area contributed by atoms with Gasteiger partial charge in [0.2, 0.25) is 0 Å². The quantitative estimate of drug-likeness (QED) is 0.0348. The van der Waals surface area contributed by atoms with E-state index < -0.39 is 6.10 Å². The molecule has 0 aliphatic heterocycles. The van der Waals surface area contributed by atoms with Gasteiger partial charge < -0.3 is 14.2 Å². The van der Waals surface area contributed by atoms with Crippen LogP contribution in [0.2, 0.25) is 0 Å². The highest BCUT2D eigenvalue weighted by atomic mass is 16.6. The molecule has 0 aromatic carbocycles. The molecule has 0 heterocycles. The monoisotopic (exact) mass is 829 g/mol. The fraction of sp³-hybridized carbons (Fsp3) is 0.600. The van der Waals surface area contributed by atoms with Crippen molar-refractivity contribution < 1.29 is 23.8 Å². The average molecular weight is 829 g/mol. The SMILES string of the molecule is CC/C=C\C/C=C\C/C=C\C/C=C\C/C=C\CCCCOCC(COC(=O)CCCCC/C=C\C/C=C\C/C=C\CC)OC(=O)CCCCCCC/C=C\C/C=C\CCC. The smallest absolute Gasteiger partial charge is 0.306 e. The van der Waals surface area contributed by atoms with Crippen molar-refractivity contribution in [2.45, 2.75) is 194 Å². The lowest BCUT2D eigenvalue weighted by Crippen LogP contribution is -2.30. The molecular formula is C55H88O5. The molecule has 1 atom stereocenters. The van der Waals surface area contributed by atoms with Crippen LogP contribution in [0.25, 0.3) is 0 Å². The van der Waals surface area contributed by atoms with Gasteiger partial charge in [-0.1, -0.05) is 174 Å². The lowest BCUT2D eigenvalue weighted by molar-refractivity contribution is -0.163. The fourth-order valence-electron chi connectivity index (χ4n) is 5.94. The van der Waals surface area contributed by atoms with Gasteiger partial charge in [-0.3, -0.25) is 9.59 Å². The Morgan fingerprint density at radius 1 is 0.383 bits per heavy atom. The van der Waals surface area contributed by atoms with Gasteiger partial charge in [0.25, 0.3) is 0 Å². The number of hydrogen-bond acceptors (Lipinski definition) is 5. The normalized spacial score (nSPS) is 13.3. The highest BCUT2D eigenvalue weighted by Gasteiger charge is 2.17. The average Bonchev–Trinajstić information content (AvgIpc) is 3.25. The Labute approximate surface area is 369 Å². The number of carbonyl (C=O) groups excluding carboxylic acids is 2. The molecule has 0 radical (unpaired) electrons. The molecule has 1 unspecified atom stereocenters. The third-order valence-corrected chi connectivity index (χ3v) is 9.44. The molecule has 5 heteroatoms. The number of esters is 2. The molecule has 0 bridgehead atoms. The summed E-state index contributed by atoms with van der Waals surface area (Å²) < 4.78 is 17.3. The van der Waals surface area contributed by atoms with Crippen molar-refractivity contribution in [1.29, 1.82) is 0 Å². The summed E-state index contributed by atoms with van der Waals surface area (Å²) in [6.45, 7) is 7.36. The van der Waals surface area contributed by atoms with Crippen molar-refractivity contribution in [3.8, 4) is 0 Å². The van der Waals surface area contributed by atoms with Crippen LogP contribution in [0.3, 0.4) is 0 Å². The van der Waals surface area contributed by atoms with Crippen molar-refractivity contribution in [3.05, 3.63) is 122 Å². The molecule has 0 fully saturated rings. The molecule has 0 rings (SSSR count). The molecule has 0 aromatic rings. The first-order valence-corrected chi connectivity index (χ1v) is 24.1. The maximum Gasteiger partial charge on any atom is 0.306 e. The molecule has 338 valence electrons. The summed E-state index contributed by atoms with van der Waals surface area (Å²) >= 11 is 0. The van der Waals surface area contributed by atoms with Gasteiger partial charge in [-0.2, -0.15) is 0 Å². The zero-order valence-corrected chi connectivity index (χ0v) is 38.7. The van der Waals surface area contributed by atoms with E-state index in [-0.39, 0.29) is 25.2 Å². The Morgan fingerprint density at radius 3 is 1.22 bits per heavy atom. The highest BCUT2D eigenvalue weighted by Crippen LogP contribution is 2.11. The summed E-state index contributed by atoms with van der Waals surface area (Å²) in [4.78, 5) is 25.3. The van der Waals surface area contributed by atoms with Crippen LogP contribution >= 0.6 is 0 Å². The molecule has 0 saturated heterocycles. The molecular weight excluding hydrogens is 741 g/mol. The predicted octanol–water partition coefficient (Wildman–Crippen LogP) is 16.2. The standard InChI is InChI=1S/C55H88O5/c1-4-7-10-13-16-19-22-25-26-27-28-29-32-35-38-41-44-47-50-58-51-53(60-55(57)49-46-43-40-37-34-31-24-21-18-15-12-9-6-3)52-59-54(56)48-45-42-39-36-33-30-23-20-17-14-11-8-5-2/h7-8,10-12,15-17,19-21,24-26,28-30,33,35,38,53H,4-6,9,13-14,18,22-23,27,31-32,34,36-37,39-52H2,1-3H3/b10-7-,11-8-,15-12-,19-16-,20-17-,24-21-,26-25-,29-28-,33-30-,38-35-. The van der Waals surface area contributed by atoms with E-state index in [4.69, 9.17) is 14.2 Å². The second-order valence-electron chi connectivity index (χ2n) is 15.2. The number of allylic oxidation sites excluding steroid dienone is 20. The molecule has 0 N–H and O–H groups in total. The number of carbonyl (C=O) groups is 2. The molecule has 5 nitrogen and oxygen atoms in total. The minimum absolute atomic E-state index is 0.0387. The van der Waals surface area contributed by atoms with E-state index in [1.165, 1.54) is 19.3 Å². The summed E-state index contributed by atoms with van der Waals surface area (Å²) in [5, 5.41) is 0. The predicted molar refractivity (Wildman–Crippen MR) is 260 cm³/mol. The fourth-order valence-corrected chi connectivity index (χ4v) is 5.94. The van der Waals surface area contributed by atoms with Gasteiger partial charge in [0.15, 0.2) is 6.10 Å². The molecule has 0 aliphatic carbocycles. The van der Waals surface area contributed by atoms with E-state index in [9.17, 15) is 9.59 Å². The number of hydrogen-bond donors (Lipinski definition) is 0. The van der Waals surface area contributed by atoms with Crippen molar-refractivity contribution >= 4 is 11.9 Å². The van der Waals surface area contributed by atoms with E-state index in [0.29, 0.717) is 19.4 Å². The van der Waals surface area contributed by atoms with E-state index in [2.05, 4.69) is 142 Å². The Balaban J connectivity index is 4.44. The highest BCUT2D eigenvalue weighted by molar-refractivity contribution is 5.70. The lowest BCUT2D eigenvalue weighted by Gasteiger charge is -2.18. The first-order valence-electron chi connectivity index (χ1n) is 24.1. The maximum absolute atomic E-state index is 12.8. The van der Waals surface area contributed by atoms with Crippen LogP contribution < -0.4 is 0 Å². The van der Waals surface area contributed by atoms with Crippen LogP contribution in [0.1, 0.15) is 188 Å².